The Bertz CT molecular complexity index is 204. The van der Waals surface area contributed by atoms with Gasteiger partial charge in [-0.2, -0.15) is 0 Å². The molecule has 0 bridgehead atoms. The first-order valence-corrected chi connectivity index (χ1v) is 4.79. The van der Waals surface area contributed by atoms with E-state index in [1.54, 1.807) is 0 Å². The fourth-order valence-electron chi connectivity index (χ4n) is 0.997. The summed E-state index contributed by atoms with van der Waals surface area (Å²) in [6.45, 7) is 5.55. The van der Waals surface area contributed by atoms with Crippen molar-refractivity contribution in [3.63, 3.8) is 0 Å². The van der Waals surface area contributed by atoms with Gasteiger partial charge in [-0.1, -0.05) is 38.1 Å². The average molecular weight is 180 g/mol. The van der Waals surface area contributed by atoms with Crippen molar-refractivity contribution in [3.8, 4) is 0 Å². The third-order valence-electron chi connectivity index (χ3n) is 1.64. The van der Waals surface area contributed by atoms with Crippen LogP contribution in [0.3, 0.4) is 0 Å². The zero-order valence-corrected chi connectivity index (χ0v) is 8.80. The number of nitrogens with two attached hydrogens (primary N) is 1. The van der Waals surface area contributed by atoms with Crippen molar-refractivity contribution >= 4 is 0 Å². The van der Waals surface area contributed by atoms with Crippen LogP contribution in [0.2, 0.25) is 0 Å². The van der Waals surface area contributed by atoms with Crippen molar-refractivity contribution in [1.29, 1.82) is 0 Å². The molecule has 2 heteroatoms. The summed E-state index contributed by atoms with van der Waals surface area (Å²) in [6, 6.07) is 8.32. The summed E-state index contributed by atoms with van der Waals surface area (Å²) < 4.78 is 0. The molecular weight excluding hydrogens is 160 g/mol. The Morgan fingerprint density at radius 1 is 1.08 bits per heavy atom. The molecule has 0 atom stereocenters. The highest BCUT2D eigenvalue weighted by molar-refractivity contribution is 5.22. The molecule has 1 aromatic carbocycles. The predicted molar refractivity (Wildman–Crippen MR) is 58.4 cm³/mol. The van der Waals surface area contributed by atoms with Crippen LogP contribution in [-0.4, -0.2) is 7.05 Å². The van der Waals surface area contributed by atoms with E-state index in [2.05, 4.69) is 29.6 Å². The van der Waals surface area contributed by atoms with E-state index in [1.807, 2.05) is 20.9 Å². The van der Waals surface area contributed by atoms with Crippen molar-refractivity contribution in [2.75, 3.05) is 7.05 Å². The van der Waals surface area contributed by atoms with Crippen LogP contribution in [-0.2, 0) is 13.1 Å². The van der Waals surface area contributed by atoms with Crippen LogP contribution in [0.4, 0.5) is 0 Å². The lowest BCUT2D eigenvalue weighted by molar-refractivity contribution is 0.817. The van der Waals surface area contributed by atoms with E-state index in [1.165, 1.54) is 11.1 Å². The largest absolute Gasteiger partial charge is 0.326 e. The summed E-state index contributed by atoms with van der Waals surface area (Å²) in [7, 11) is 1.94. The molecule has 0 unspecified atom stereocenters. The van der Waals surface area contributed by atoms with Gasteiger partial charge < -0.3 is 11.1 Å². The second-order valence-electron chi connectivity index (χ2n) is 2.55. The van der Waals surface area contributed by atoms with Crippen LogP contribution in [0.25, 0.3) is 0 Å². The van der Waals surface area contributed by atoms with Crippen LogP contribution in [0, 0.1) is 0 Å². The highest BCUT2D eigenvalue weighted by Crippen LogP contribution is 2.02. The minimum atomic E-state index is 0.625. The van der Waals surface area contributed by atoms with Crippen molar-refractivity contribution < 1.29 is 0 Å². The van der Waals surface area contributed by atoms with Crippen LogP contribution in [0.15, 0.2) is 24.3 Å². The van der Waals surface area contributed by atoms with E-state index in [-0.39, 0.29) is 0 Å². The minimum absolute atomic E-state index is 0.625. The second-order valence-corrected chi connectivity index (χ2v) is 2.55. The molecule has 74 valence electrons. The van der Waals surface area contributed by atoms with E-state index < -0.39 is 0 Å². The average Bonchev–Trinajstić information content (AvgIpc) is 2.23. The fraction of sp³-hybridized carbons (Fsp3) is 0.455. The van der Waals surface area contributed by atoms with Gasteiger partial charge in [0.2, 0.25) is 0 Å². The van der Waals surface area contributed by atoms with Crippen LogP contribution in [0.5, 0.6) is 0 Å². The number of benzene rings is 1. The fourth-order valence-corrected chi connectivity index (χ4v) is 0.997. The molecule has 0 aliphatic heterocycles. The zero-order valence-electron chi connectivity index (χ0n) is 8.80. The summed E-state index contributed by atoms with van der Waals surface area (Å²) in [6.07, 6.45) is 0. The van der Waals surface area contributed by atoms with E-state index in [0.29, 0.717) is 6.54 Å². The molecule has 0 fully saturated rings. The monoisotopic (exact) mass is 180 g/mol. The van der Waals surface area contributed by atoms with Gasteiger partial charge in [0, 0.05) is 13.1 Å². The summed E-state index contributed by atoms with van der Waals surface area (Å²) >= 11 is 0. The summed E-state index contributed by atoms with van der Waals surface area (Å²) in [5, 5.41) is 3.09. The van der Waals surface area contributed by atoms with Gasteiger partial charge in [0.05, 0.1) is 0 Å². The first kappa shape index (κ1) is 12.1. The third-order valence-corrected chi connectivity index (χ3v) is 1.64. The molecule has 0 aliphatic rings. The molecule has 0 radical (unpaired) electrons. The van der Waals surface area contributed by atoms with Gasteiger partial charge in [-0.3, -0.25) is 0 Å². The lowest BCUT2D eigenvalue weighted by atomic mass is 10.1. The van der Waals surface area contributed by atoms with Gasteiger partial charge in [0.25, 0.3) is 0 Å². The van der Waals surface area contributed by atoms with Crippen LogP contribution in [0.1, 0.15) is 25.0 Å². The quantitative estimate of drug-likeness (QED) is 0.745. The van der Waals surface area contributed by atoms with Gasteiger partial charge in [0.15, 0.2) is 0 Å². The minimum Gasteiger partial charge on any atom is -0.326 e. The Balaban J connectivity index is 0.000000671. The predicted octanol–water partition coefficient (Wildman–Crippen LogP) is 1.89. The number of hydrogen-bond donors (Lipinski definition) is 2. The van der Waals surface area contributed by atoms with Crippen molar-refractivity contribution in [2.45, 2.75) is 26.9 Å². The van der Waals surface area contributed by atoms with Gasteiger partial charge in [0.1, 0.15) is 0 Å². The molecule has 13 heavy (non-hydrogen) atoms. The number of nitrogens with one attached hydrogen (secondary N) is 1. The first-order valence-electron chi connectivity index (χ1n) is 4.79. The molecule has 0 saturated heterocycles. The topological polar surface area (TPSA) is 38.0 Å². The third kappa shape index (κ3) is 4.65. The Morgan fingerprint density at radius 3 is 1.92 bits per heavy atom. The smallest absolute Gasteiger partial charge is 0.0202 e. The van der Waals surface area contributed by atoms with Crippen molar-refractivity contribution in [2.24, 2.45) is 5.73 Å². The van der Waals surface area contributed by atoms with Gasteiger partial charge in [-0.05, 0) is 18.2 Å². The molecule has 0 heterocycles. The Hall–Kier alpha value is -0.860. The lowest BCUT2D eigenvalue weighted by Crippen LogP contribution is -2.05. The van der Waals surface area contributed by atoms with Crippen LogP contribution < -0.4 is 11.1 Å². The second kappa shape index (κ2) is 7.77. The van der Waals surface area contributed by atoms with Crippen molar-refractivity contribution in [1.82, 2.24) is 5.32 Å². The zero-order chi connectivity index (χ0) is 10.1. The lowest BCUT2D eigenvalue weighted by Gasteiger charge is -2.00. The molecule has 0 aliphatic carbocycles. The van der Waals surface area contributed by atoms with E-state index in [0.717, 1.165) is 6.54 Å². The highest BCUT2D eigenvalue weighted by atomic mass is 14.8. The first-order chi connectivity index (χ1) is 6.36. The standard InChI is InChI=1S/C9H14N2.C2H6/c1-11-7-9-4-2-8(6-10)3-5-9;1-2/h2-5,11H,6-7,10H2,1H3;1-2H3. The Kier molecular flexibility index (Phi) is 7.26. The summed E-state index contributed by atoms with van der Waals surface area (Å²) in [5.74, 6) is 0. The normalized spacial score (nSPS) is 8.92. The molecule has 2 nitrogen and oxygen atoms in total. The molecule has 0 amide bonds. The molecule has 1 rings (SSSR count). The van der Waals surface area contributed by atoms with Crippen LogP contribution >= 0.6 is 0 Å². The van der Waals surface area contributed by atoms with Gasteiger partial charge in [-0.15, -0.1) is 0 Å². The molecule has 0 spiro atoms. The van der Waals surface area contributed by atoms with E-state index in [4.69, 9.17) is 5.73 Å². The maximum Gasteiger partial charge on any atom is 0.0202 e. The van der Waals surface area contributed by atoms with E-state index in [9.17, 15) is 0 Å². The SMILES string of the molecule is CC.CNCc1ccc(CN)cc1. The summed E-state index contributed by atoms with van der Waals surface area (Å²) in [5.41, 5.74) is 7.94. The molecule has 1 aromatic rings. The maximum atomic E-state index is 5.46. The van der Waals surface area contributed by atoms with E-state index >= 15 is 0 Å². The maximum absolute atomic E-state index is 5.46. The Morgan fingerprint density at radius 2 is 1.54 bits per heavy atom. The van der Waals surface area contributed by atoms with Gasteiger partial charge >= 0.3 is 0 Å². The molecule has 0 saturated carbocycles. The van der Waals surface area contributed by atoms with Crippen molar-refractivity contribution in [3.05, 3.63) is 35.4 Å². The molecule has 0 aromatic heterocycles. The summed E-state index contributed by atoms with van der Waals surface area (Å²) in [4.78, 5) is 0. The number of rotatable bonds is 3. The highest BCUT2D eigenvalue weighted by Gasteiger charge is 1.90. The van der Waals surface area contributed by atoms with Gasteiger partial charge in [-0.25, -0.2) is 0 Å². The molecule has 3 N–H and O–H groups in total. The molecular formula is C11H20N2. The Labute approximate surface area is 81.2 Å². The number of hydrogen-bond acceptors (Lipinski definition) is 2.